The molecule has 1 aliphatic rings. The Labute approximate surface area is 212 Å². The van der Waals surface area contributed by atoms with E-state index < -0.39 is 12.1 Å². The molecule has 0 aliphatic carbocycles. The van der Waals surface area contributed by atoms with Crippen molar-refractivity contribution in [1.82, 2.24) is 15.3 Å². The molecule has 11 nitrogen and oxygen atoms in total. The molecule has 3 N–H and O–H groups in total. The van der Waals surface area contributed by atoms with E-state index in [1.807, 2.05) is 4.90 Å². The maximum atomic E-state index is 12.8. The molecule has 35 heavy (non-hydrogen) atoms. The van der Waals surface area contributed by atoms with E-state index in [0.717, 1.165) is 0 Å². The minimum atomic E-state index is -0.736. The van der Waals surface area contributed by atoms with Crippen molar-refractivity contribution in [3.63, 3.8) is 0 Å². The zero-order valence-electron chi connectivity index (χ0n) is 19.7. The van der Waals surface area contributed by atoms with E-state index in [4.69, 9.17) is 32.7 Å². The number of H-pyrrole nitrogens is 1. The van der Waals surface area contributed by atoms with E-state index in [1.165, 1.54) is 13.3 Å². The molecule has 2 aromatic rings. The largest absolute Gasteiger partial charge is 0.462 e. The number of hydrogen-bond acceptors (Lipinski definition) is 8. The number of anilines is 2. The Balaban J connectivity index is 1.77. The highest BCUT2D eigenvalue weighted by Gasteiger charge is 2.33. The number of esters is 1. The van der Waals surface area contributed by atoms with Gasteiger partial charge < -0.3 is 29.4 Å². The number of halogens is 2. The molecule has 0 bridgehead atoms. The van der Waals surface area contributed by atoms with Gasteiger partial charge in [0, 0.05) is 25.9 Å². The number of nitrogens with one attached hydrogen (secondary N) is 3. The van der Waals surface area contributed by atoms with Crippen molar-refractivity contribution in [3.8, 4) is 0 Å². The minimum absolute atomic E-state index is 0.139. The van der Waals surface area contributed by atoms with E-state index in [0.29, 0.717) is 36.0 Å². The summed E-state index contributed by atoms with van der Waals surface area (Å²) in [6, 6.07) is 1.24. The molecule has 2 aromatic heterocycles. The Morgan fingerprint density at radius 1 is 1.26 bits per heavy atom. The zero-order valence-corrected chi connectivity index (χ0v) is 21.2. The van der Waals surface area contributed by atoms with Crippen LogP contribution in [0, 0.1) is 6.92 Å². The first-order chi connectivity index (χ1) is 16.7. The van der Waals surface area contributed by atoms with Crippen LogP contribution in [0.15, 0.2) is 12.3 Å². The Morgan fingerprint density at radius 2 is 2.00 bits per heavy atom. The molecule has 0 aromatic carbocycles. The van der Waals surface area contributed by atoms with Crippen LogP contribution in [0.4, 0.5) is 16.3 Å². The molecule has 190 valence electrons. The number of pyridine rings is 1. The van der Waals surface area contributed by atoms with Gasteiger partial charge in [0.25, 0.3) is 5.91 Å². The van der Waals surface area contributed by atoms with Gasteiger partial charge in [0.1, 0.15) is 11.5 Å². The lowest BCUT2D eigenvalue weighted by molar-refractivity contribution is 0.0523. The average molecular weight is 528 g/mol. The maximum absolute atomic E-state index is 12.8. The monoisotopic (exact) mass is 527 g/mol. The molecule has 2 atom stereocenters. The first kappa shape index (κ1) is 26.6. The summed E-state index contributed by atoms with van der Waals surface area (Å²) in [4.78, 5) is 46.1. The van der Waals surface area contributed by atoms with Crippen LogP contribution in [0.5, 0.6) is 0 Å². The highest BCUT2D eigenvalue weighted by atomic mass is 35.5. The number of carbonyl (C=O) groups is 3. The van der Waals surface area contributed by atoms with Gasteiger partial charge in [-0.05, 0) is 26.3 Å². The molecule has 0 spiro atoms. The maximum Gasteiger partial charge on any atom is 0.411 e. The lowest BCUT2D eigenvalue weighted by atomic mass is 10.0. The molecule has 0 radical (unpaired) electrons. The van der Waals surface area contributed by atoms with E-state index in [9.17, 15) is 14.4 Å². The molecular formula is C22H27Cl2N5O6. The minimum Gasteiger partial charge on any atom is -0.462 e. The third-order valence-electron chi connectivity index (χ3n) is 5.59. The van der Waals surface area contributed by atoms with Crippen molar-refractivity contribution in [3.05, 3.63) is 39.3 Å². The molecule has 0 saturated carbocycles. The van der Waals surface area contributed by atoms with E-state index in [2.05, 4.69) is 25.3 Å². The van der Waals surface area contributed by atoms with Gasteiger partial charge in [0.2, 0.25) is 0 Å². The molecule has 1 fully saturated rings. The SMILES string of the molecule is CCOC(=O)c1cc(N2CCC(NC(=O)c3[nH]c(C)c(Cl)c3Cl)C(OC)C2)ncc1NC(=O)OC. The fourth-order valence-corrected chi connectivity index (χ4v) is 4.17. The Morgan fingerprint density at radius 3 is 2.60 bits per heavy atom. The number of methoxy groups -OCH3 is 2. The van der Waals surface area contributed by atoms with Gasteiger partial charge in [-0.1, -0.05) is 23.2 Å². The number of aromatic nitrogens is 2. The number of piperidine rings is 1. The van der Waals surface area contributed by atoms with Gasteiger partial charge in [-0.25, -0.2) is 14.6 Å². The van der Waals surface area contributed by atoms with Crippen LogP contribution < -0.4 is 15.5 Å². The third-order valence-corrected chi connectivity index (χ3v) is 6.54. The van der Waals surface area contributed by atoms with Crippen LogP contribution in [0.2, 0.25) is 10.0 Å². The van der Waals surface area contributed by atoms with E-state index in [-0.39, 0.29) is 46.6 Å². The lowest BCUT2D eigenvalue weighted by Crippen LogP contribution is -2.55. The summed E-state index contributed by atoms with van der Waals surface area (Å²) in [5.41, 5.74) is 1.11. The predicted molar refractivity (Wildman–Crippen MR) is 131 cm³/mol. The van der Waals surface area contributed by atoms with Gasteiger partial charge in [0.15, 0.2) is 0 Å². The summed E-state index contributed by atoms with van der Waals surface area (Å²) < 4.78 is 15.4. The second-order valence-electron chi connectivity index (χ2n) is 7.77. The molecule has 3 rings (SSSR count). The Kier molecular flexibility index (Phi) is 8.82. The van der Waals surface area contributed by atoms with Crippen LogP contribution in [-0.2, 0) is 14.2 Å². The normalized spacial score (nSPS) is 17.6. The number of carbonyl (C=O) groups excluding carboxylic acids is 3. The molecule has 1 aliphatic heterocycles. The predicted octanol–water partition coefficient (Wildman–Crippen LogP) is 3.40. The number of nitrogens with zero attached hydrogens (tertiary/aromatic N) is 2. The van der Waals surface area contributed by atoms with E-state index >= 15 is 0 Å². The van der Waals surface area contributed by atoms with Crippen molar-refractivity contribution in [2.45, 2.75) is 32.4 Å². The number of hydrogen-bond donors (Lipinski definition) is 3. The highest BCUT2D eigenvalue weighted by Crippen LogP contribution is 2.30. The summed E-state index contributed by atoms with van der Waals surface area (Å²) in [7, 11) is 2.77. The van der Waals surface area contributed by atoms with Crippen molar-refractivity contribution in [2.75, 3.05) is 44.1 Å². The van der Waals surface area contributed by atoms with Crippen molar-refractivity contribution < 1.29 is 28.6 Å². The summed E-state index contributed by atoms with van der Waals surface area (Å²) in [6.45, 7) is 4.48. The van der Waals surface area contributed by atoms with Gasteiger partial charge in [0.05, 0.1) is 53.4 Å². The summed E-state index contributed by atoms with van der Waals surface area (Å²) in [5, 5.41) is 5.90. The van der Waals surface area contributed by atoms with Crippen molar-refractivity contribution in [1.29, 1.82) is 0 Å². The first-order valence-electron chi connectivity index (χ1n) is 10.8. The Hall–Kier alpha value is -3.02. The topological polar surface area (TPSA) is 135 Å². The first-order valence-corrected chi connectivity index (χ1v) is 11.6. The number of amides is 2. The lowest BCUT2D eigenvalue weighted by Gasteiger charge is -2.38. The smallest absolute Gasteiger partial charge is 0.411 e. The zero-order chi connectivity index (χ0) is 25.7. The summed E-state index contributed by atoms with van der Waals surface area (Å²) in [6.07, 6.45) is 0.792. The quantitative estimate of drug-likeness (QED) is 0.466. The average Bonchev–Trinajstić information content (AvgIpc) is 3.11. The van der Waals surface area contributed by atoms with Crippen LogP contribution in [0.3, 0.4) is 0 Å². The van der Waals surface area contributed by atoms with E-state index in [1.54, 1.807) is 27.0 Å². The second-order valence-corrected chi connectivity index (χ2v) is 8.52. The van der Waals surface area contributed by atoms with Crippen LogP contribution in [0.25, 0.3) is 0 Å². The van der Waals surface area contributed by atoms with Gasteiger partial charge in [-0.2, -0.15) is 0 Å². The van der Waals surface area contributed by atoms with Crippen molar-refractivity contribution in [2.24, 2.45) is 0 Å². The molecule has 2 amide bonds. The van der Waals surface area contributed by atoms with Crippen LogP contribution in [0.1, 0.15) is 39.9 Å². The summed E-state index contributed by atoms with van der Waals surface area (Å²) in [5.74, 6) is -0.499. The van der Waals surface area contributed by atoms with Gasteiger partial charge in [-0.15, -0.1) is 0 Å². The Bertz CT molecular complexity index is 1110. The molecular weight excluding hydrogens is 501 g/mol. The fraction of sp³-hybridized carbons (Fsp3) is 0.455. The van der Waals surface area contributed by atoms with Crippen LogP contribution in [-0.4, -0.2) is 74.0 Å². The fourth-order valence-electron chi connectivity index (χ4n) is 3.75. The van der Waals surface area contributed by atoms with Crippen LogP contribution >= 0.6 is 23.2 Å². The number of aryl methyl sites for hydroxylation is 1. The summed E-state index contributed by atoms with van der Waals surface area (Å²) >= 11 is 12.3. The van der Waals surface area contributed by atoms with Crippen molar-refractivity contribution >= 4 is 52.7 Å². The molecule has 13 heteroatoms. The standard InChI is InChI=1S/C22H27Cl2N5O6/c1-5-35-21(31)12-8-16(25-9-14(12)28-22(32)34-4)29-7-6-13(15(10-29)33-3)27-20(30)19-18(24)17(23)11(2)26-19/h8-9,13,15,26H,5-7,10H2,1-4H3,(H,27,30)(H,28,32). The molecule has 2 unspecified atom stereocenters. The number of rotatable bonds is 7. The molecule has 1 saturated heterocycles. The van der Waals surface area contributed by atoms with Gasteiger partial charge >= 0.3 is 12.1 Å². The number of ether oxygens (including phenoxy) is 3. The molecule has 3 heterocycles. The second kappa shape index (κ2) is 11.6. The number of aromatic amines is 1. The highest BCUT2D eigenvalue weighted by molar-refractivity contribution is 6.44. The third kappa shape index (κ3) is 5.98. The van der Waals surface area contributed by atoms with Gasteiger partial charge in [-0.3, -0.25) is 10.1 Å².